The Morgan fingerprint density at radius 3 is 2.35 bits per heavy atom. The van der Waals surface area contributed by atoms with Crippen LogP contribution in [0.15, 0.2) is 84.9 Å². The predicted octanol–water partition coefficient (Wildman–Crippen LogP) is 5.23. The Morgan fingerprint density at radius 1 is 0.935 bits per heavy atom. The van der Waals surface area contributed by atoms with Gasteiger partial charge in [0.2, 0.25) is 11.7 Å². The van der Waals surface area contributed by atoms with Crippen molar-refractivity contribution in [2.24, 2.45) is 0 Å². The van der Waals surface area contributed by atoms with Crippen LogP contribution in [0.2, 0.25) is 0 Å². The third-order valence-corrected chi connectivity index (χ3v) is 5.63. The van der Waals surface area contributed by atoms with E-state index >= 15 is 0 Å². The van der Waals surface area contributed by atoms with Gasteiger partial charge in [-0.25, -0.2) is 4.98 Å². The average molecular weight is 429 g/mol. The number of nitrogens with one attached hydrogen (secondary N) is 1. The second-order valence-corrected chi connectivity index (χ2v) is 7.83. The summed E-state index contributed by atoms with van der Waals surface area (Å²) >= 11 is 1.19. The number of carbonyl (C=O) groups excluding carboxylic acids is 2. The van der Waals surface area contributed by atoms with E-state index in [9.17, 15) is 9.59 Å². The van der Waals surface area contributed by atoms with Crippen LogP contribution in [0.25, 0.3) is 11.3 Å². The largest absolute Gasteiger partial charge is 0.497 e. The van der Waals surface area contributed by atoms with E-state index in [0.717, 1.165) is 11.1 Å². The molecule has 0 bridgehead atoms. The minimum atomic E-state index is -0.208. The number of amides is 1. The summed E-state index contributed by atoms with van der Waals surface area (Å²) in [4.78, 5) is 30.8. The minimum absolute atomic E-state index is 0.120. The maximum atomic E-state index is 13.1. The zero-order valence-electron chi connectivity index (χ0n) is 16.9. The molecule has 4 rings (SSSR count). The molecule has 0 aliphatic carbocycles. The number of aromatic nitrogens is 1. The van der Waals surface area contributed by atoms with Gasteiger partial charge >= 0.3 is 0 Å². The molecule has 0 fully saturated rings. The van der Waals surface area contributed by atoms with E-state index in [-0.39, 0.29) is 18.1 Å². The first-order valence-electron chi connectivity index (χ1n) is 9.73. The van der Waals surface area contributed by atoms with E-state index in [0.29, 0.717) is 27.0 Å². The van der Waals surface area contributed by atoms with E-state index in [4.69, 9.17) is 4.74 Å². The van der Waals surface area contributed by atoms with Gasteiger partial charge in [-0.05, 0) is 17.7 Å². The van der Waals surface area contributed by atoms with Crippen LogP contribution in [0.1, 0.15) is 20.8 Å². The lowest BCUT2D eigenvalue weighted by atomic mass is 10.1. The number of ether oxygens (including phenoxy) is 1. The summed E-state index contributed by atoms with van der Waals surface area (Å²) in [5.41, 5.74) is 2.80. The molecule has 154 valence electrons. The van der Waals surface area contributed by atoms with E-state index in [2.05, 4.69) is 10.3 Å². The average Bonchev–Trinajstić information content (AvgIpc) is 3.23. The van der Waals surface area contributed by atoms with Crippen molar-refractivity contribution in [1.29, 1.82) is 0 Å². The van der Waals surface area contributed by atoms with Crippen molar-refractivity contribution in [3.63, 3.8) is 0 Å². The summed E-state index contributed by atoms with van der Waals surface area (Å²) in [6.45, 7) is 0. The molecule has 1 aromatic heterocycles. The highest BCUT2D eigenvalue weighted by atomic mass is 32.1. The fourth-order valence-electron chi connectivity index (χ4n) is 3.17. The number of hydrogen-bond donors (Lipinski definition) is 1. The lowest BCUT2D eigenvalue weighted by Crippen LogP contribution is -2.14. The Hall–Kier alpha value is -3.77. The van der Waals surface area contributed by atoms with Gasteiger partial charge in [-0.3, -0.25) is 9.59 Å². The van der Waals surface area contributed by atoms with E-state index < -0.39 is 0 Å². The molecule has 1 N–H and O–H groups in total. The second-order valence-electron chi connectivity index (χ2n) is 6.83. The molecule has 0 aliphatic heterocycles. The molecule has 4 aromatic rings. The highest BCUT2D eigenvalue weighted by Gasteiger charge is 2.21. The van der Waals surface area contributed by atoms with Gasteiger partial charge in [0.25, 0.3) is 0 Å². The molecule has 0 atom stereocenters. The molecule has 31 heavy (non-hydrogen) atoms. The second kappa shape index (κ2) is 9.36. The molecule has 1 heterocycles. The van der Waals surface area contributed by atoms with Crippen LogP contribution in [-0.4, -0.2) is 23.8 Å². The maximum Gasteiger partial charge on any atom is 0.230 e. The van der Waals surface area contributed by atoms with Gasteiger partial charge in [0, 0.05) is 11.1 Å². The molecular formula is C25H20N2O3S. The number of methoxy groups -OCH3 is 1. The molecule has 1 amide bonds. The van der Waals surface area contributed by atoms with Gasteiger partial charge in [-0.2, -0.15) is 0 Å². The fraction of sp³-hybridized carbons (Fsp3) is 0.0800. The van der Waals surface area contributed by atoms with Crippen LogP contribution in [0.3, 0.4) is 0 Å². The molecule has 0 aliphatic rings. The third kappa shape index (κ3) is 4.87. The van der Waals surface area contributed by atoms with Gasteiger partial charge < -0.3 is 10.1 Å². The Labute approximate surface area is 184 Å². The molecule has 0 saturated heterocycles. The maximum absolute atomic E-state index is 13.1. The normalized spacial score (nSPS) is 10.5. The van der Waals surface area contributed by atoms with Gasteiger partial charge in [-0.15, -0.1) is 0 Å². The lowest BCUT2D eigenvalue weighted by molar-refractivity contribution is -0.115. The Balaban J connectivity index is 1.62. The van der Waals surface area contributed by atoms with Crippen LogP contribution < -0.4 is 10.1 Å². The fourth-order valence-corrected chi connectivity index (χ4v) is 4.14. The van der Waals surface area contributed by atoms with Gasteiger partial charge in [0.1, 0.15) is 10.6 Å². The highest BCUT2D eigenvalue weighted by molar-refractivity contribution is 7.18. The molecule has 0 spiro atoms. The van der Waals surface area contributed by atoms with Crippen LogP contribution in [0.4, 0.5) is 5.13 Å². The monoisotopic (exact) mass is 428 g/mol. The molecule has 0 unspecified atom stereocenters. The number of carbonyl (C=O) groups is 2. The molecule has 0 saturated carbocycles. The zero-order valence-corrected chi connectivity index (χ0v) is 17.7. The summed E-state index contributed by atoms with van der Waals surface area (Å²) in [5.74, 6) is 0.368. The van der Waals surface area contributed by atoms with Gasteiger partial charge in [0.15, 0.2) is 5.13 Å². The van der Waals surface area contributed by atoms with Crippen molar-refractivity contribution in [2.45, 2.75) is 6.42 Å². The van der Waals surface area contributed by atoms with Crippen molar-refractivity contribution in [2.75, 3.05) is 12.4 Å². The van der Waals surface area contributed by atoms with Crippen LogP contribution in [-0.2, 0) is 11.2 Å². The summed E-state index contributed by atoms with van der Waals surface area (Å²) in [5, 5.41) is 3.23. The number of rotatable bonds is 7. The van der Waals surface area contributed by atoms with Crippen molar-refractivity contribution < 1.29 is 14.3 Å². The van der Waals surface area contributed by atoms with E-state index in [1.54, 1.807) is 19.2 Å². The van der Waals surface area contributed by atoms with Crippen molar-refractivity contribution >= 4 is 28.2 Å². The Kier molecular flexibility index (Phi) is 6.19. The number of benzene rings is 3. The number of thiazole rings is 1. The number of anilines is 1. The number of nitrogens with zero attached hydrogens (tertiary/aromatic N) is 1. The van der Waals surface area contributed by atoms with Crippen LogP contribution in [0.5, 0.6) is 5.75 Å². The van der Waals surface area contributed by atoms with Crippen molar-refractivity contribution in [1.82, 2.24) is 4.98 Å². The first kappa shape index (κ1) is 20.5. The van der Waals surface area contributed by atoms with Crippen LogP contribution in [0, 0.1) is 0 Å². The highest BCUT2D eigenvalue weighted by Crippen LogP contribution is 2.33. The SMILES string of the molecule is COc1cccc(CC(=O)Nc2nc(-c3ccccc3)c(C(=O)c3ccccc3)s2)c1. The molecule has 0 radical (unpaired) electrons. The van der Waals surface area contributed by atoms with Crippen molar-refractivity contribution in [3.8, 4) is 17.0 Å². The van der Waals surface area contributed by atoms with Gasteiger partial charge in [0.05, 0.1) is 19.2 Å². The topological polar surface area (TPSA) is 68.3 Å². The smallest absolute Gasteiger partial charge is 0.230 e. The standard InChI is InChI=1S/C25H20N2O3S/c1-30-20-14-8-9-17(15-20)16-21(28)26-25-27-22(18-10-4-2-5-11-18)24(31-25)23(29)19-12-6-3-7-13-19/h2-15H,16H2,1H3,(H,26,27,28). The first-order valence-corrected chi connectivity index (χ1v) is 10.5. The number of ketones is 1. The predicted molar refractivity (Wildman–Crippen MR) is 123 cm³/mol. The zero-order chi connectivity index (χ0) is 21.6. The molecule has 5 nitrogen and oxygen atoms in total. The third-order valence-electron chi connectivity index (χ3n) is 4.66. The van der Waals surface area contributed by atoms with Crippen LogP contribution >= 0.6 is 11.3 Å². The minimum Gasteiger partial charge on any atom is -0.497 e. The van der Waals surface area contributed by atoms with Crippen molar-refractivity contribution in [3.05, 3.63) is 101 Å². The molecule has 3 aromatic carbocycles. The summed E-state index contributed by atoms with van der Waals surface area (Å²) < 4.78 is 5.21. The Bertz CT molecular complexity index is 1200. The van der Waals surface area contributed by atoms with Gasteiger partial charge in [-0.1, -0.05) is 84.1 Å². The van der Waals surface area contributed by atoms with E-state index in [1.807, 2.05) is 72.8 Å². The lowest BCUT2D eigenvalue weighted by Gasteiger charge is -2.04. The summed E-state index contributed by atoms with van der Waals surface area (Å²) in [7, 11) is 1.59. The quantitative estimate of drug-likeness (QED) is 0.409. The van der Waals surface area contributed by atoms with E-state index in [1.165, 1.54) is 11.3 Å². The molecular weight excluding hydrogens is 408 g/mol. The Morgan fingerprint density at radius 2 is 1.65 bits per heavy atom. The number of hydrogen-bond acceptors (Lipinski definition) is 5. The first-order chi connectivity index (χ1) is 15.1. The molecule has 6 heteroatoms. The summed E-state index contributed by atoms with van der Waals surface area (Å²) in [6.07, 6.45) is 0.180. The summed E-state index contributed by atoms with van der Waals surface area (Å²) in [6, 6.07) is 25.9.